The Bertz CT molecular complexity index is 450. The van der Waals surface area contributed by atoms with E-state index in [2.05, 4.69) is 0 Å². The highest BCUT2D eigenvalue weighted by Gasteiger charge is 2.48. The van der Waals surface area contributed by atoms with Gasteiger partial charge in [-0.3, -0.25) is 4.90 Å². The number of carbonyl (C=O) groups is 1. The molecule has 0 bridgehead atoms. The van der Waals surface area contributed by atoms with E-state index in [1.54, 1.807) is 4.90 Å². The molecule has 1 aromatic carbocycles. The lowest BCUT2D eigenvalue weighted by molar-refractivity contribution is 0.0282. The number of nitrogens with zero attached hydrogens (tertiary/aromatic N) is 1. The lowest BCUT2D eigenvalue weighted by Gasteiger charge is -2.23. The number of aliphatic hydroxyl groups is 1. The summed E-state index contributed by atoms with van der Waals surface area (Å²) in [7, 11) is 0. The Morgan fingerprint density at radius 2 is 2.16 bits per heavy atom. The van der Waals surface area contributed by atoms with Gasteiger partial charge in [0.05, 0.1) is 31.4 Å². The molecule has 5 nitrogen and oxygen atoms in total. The minimum atomic E-state index is -0.520. The van der Waals surface area contributed by atoms with Crippen LogP contribution in [0, 0.1) is 0 Å². The van der Waals surface area contributed by atoms with Crippen LogP contribution in [-0.2, 0) is 16.1 Å². The number of benzene rings is 1. The van der Waals surface area contributed by atoms with E-state index in [4.69, 9.17) is 9.47 Å². The van der Waals surface area contributed by atoms with Crippen molar-refractivity contribution in [3.8, 4) is 0 Å². The van der Waals surface area contributed by atoms with Crippen molar-refractivity contribution in [1.29, 1.82) is 0 Å². The summed E-state index contributed by atoms with van der Waals surface area (Å²) in [6, 6.07) is 9.55. The molecule has 2 fully saturated rings. The Kier molecular flexibility index (Phi) is 3.40. The van der Waals surface area contributed by atoms with Gasteiger partial charge in [-0.2, -0.15) is 0 Å². The fourth-order valence-corrected chi connectivity index (χ4v) is 2.74. The summed E-state index contributed by atoms with van der Waals surface area (Å²) in [6.07, 6.45) is -0.283. The topological polar surface area (TPSA) is 59.0 Å². The fraction of sp³-hybridized carbons (Fsp3) is 0.500. The predicted molar refractivity (Wildman–Crippen MR) is 67.5 cm³/mol. The van der Waals surface area contributed by atoms with E-state index in [-0.39, 0.29) is 18.2 Å². The minimum absolute atomic E-state index is 0.00725. The van der Waals surface area contributed by atoms with Crippen molar-refractivity contribution in [3.05, 3.63) is 35.9 Å². The molecule has 0 aromatic heterocycles. The number of hydrogen-bond donors (Lipinski definition) is 1. The van der Waals surface area contributed by atoms with Gasteiger partial charge in [0.1, 0.15) is 6.61 Å². The van der Waals surface area contributed by atoms with Crippen LogP contribution >= 0.6 is 0 Å². The summed E-state index contributed by atoms with van der Waals surface area (Å²) in [6.45, 7) is 1.20. The van der Waals surface area contributed by atoms with Crippen molar-refractivity contribution in [2.75, 3.05) is 13.2 Å². The number of hydrogen-bond acceptors (Lipinski definition) is 4. The van der Waals surface area contributed by atoms with Crippen LogP contribution in [0.15, 0.2) is 30.3 Å². The second kappa shape index (κ2) is 5.19. The molecule has 3 rings (SSSR count). The maximum absolute atomic E-state index is 11.6. The molecular weight excluding hydrogens is 246 g/mol. The first-order valence-corrected chi connectivity index (χ1v) is 6.50. The van der Waals surface area contributed by atoms with E-state index in [9.17, 15) is 9.90 Å². The zero-order valence-corrected chi connectivity index (χ0v) is 10.6. The molecule has 0 radical (unpaired) electrons. The number of amides is 1. The Balaban J connectivity index is 1.56. The Morgan fingerprint density at radius 1 is 1.37 bits per heavy atom. The van der Waals surface area contributed by atoms with Gasteiger partial charge in [-0.05, 0) is 12.0 Å². The molecule has 2 aliphatic rings. The molecule has 1 amide bonds. The van der Waals surface area contributed by atoms with E-state index in [1.807, 2.05) is 30.3 Å². The summed E-state index contributed by atoms with van der Waals surface area (Å²) in [4.78, 5) is 13.2. The maximum atomic E-state index is 11.6. The molecule has 1 aromatic rings. The smallest absolute Gasteiger partial charge is 0.410 e. The van der Waals surface area contributed by atoms with Crippen LogP contribution in [0.2, 0.25) is 0 Å². The fourth-order valence-electron chi connectivity index (χ4n) is 2.74. The number of cyclic esters (lactones) is 1. The van der Waals surface area contributed by atoms with Crippen LogP contribution in [0.1, 0.15) is 12.0 Å². The van der Waals surface area contributed by atoms with Gasteiger partial charge in [-0.15, -0.1) is 0 Å². The van der Waals surface area contributed by atoms with E-state index < -0.39 is 6.10 Å². The largest absolute Gasteiger partial charge is 0.447 e. The summed E-state index contributed by atoms with van der Waals surface area (Å²) < 4.78 is 10.6. The van der Waals surface area contributed by atoms with Gasteiger partial charge in [0.2, 0.25) is 0 Å². The molecule has 1 N–H and O–H groups in total. The first-order chi connectivity index (χ1) is 9.25. The molecule has 2 aliphatic heterocycles. The predicted octanol–water partition coefficient (Wildman–Crippen LogP) is 1.16. The lowest BCUT2D eigenvalue weighted by Crippen LogP contribution is -2.41. The molecule has 0 aliphatic carbocycles. The van der Waals surface area contributed by atoms with Gasteiger partial charge in [0, 0.05) is 0 Å². The minimum Gasteiger partial charge on any atom is -0.447 e. The van der Waals surface area contributed by atoms with Crippen LogP contribution in [0.25, 0.3) is 0 Å². The van der Waals surface area contributed by atoms with Crippen LogP contribution in [-0.4, -0.2) is 47.5 Å². The molecule has 3 atom stereocenters. The van der Waals surface area contributed by atoms with Crippen molar-refractivity contribution in [2.45, 2.75) is 31.2 Å². The van der Waals surface area contributed by atoms with Gasteiger partial charge in [-0.25, -0.2) is 4.79 Å². The third-order valence-electron chi connectivity index (χ3n) is 3.72. The molecule has 5 heteroatoms. The molecule has 2 saturated heterocycles. The van der Waals surface area contributed by atoms with E-state index in [0.29, 0.717) is 26.2 Å². The van der Waals surface area contributed by atoms with Crippen molar-refractivity contribution >= 4 is 6.09 Å². The van der Waals surface area contributed by atoms with Gasteiger partial charge < -0.3 is 14.6 Å². The monoisotopic (exact) mass is 263 g/mol. The molecule has 2 heterocycles. The molecule has 0 spiro atoms. The summed E-state index contributed by atoms with van der Waals surface area (Å²) >= 11 is 0. The summed E-state index contributed by atoms with van der Waals surface area (Å²) in [5.41, 5.74) is 1.08. The molecule has 0 saturated carbocycles. The SMILES string of the molecule is O=C1OC[C@@H]2C[C@H](O)[C@@H](COCc3ccccc3)N12. The van der Waals surface area contributed by atoms with Crippen LogP contribution in [0.5, 0.6) is 0 Å². The number of carbonyl (C=O) groups excluding carboxylic acids is 1. The van der Waals surface area contributed by atoms with Crippen molar-refractivity contribution in [3.63, 3.8) is 0 Å². The third-order valence-corrected chi connectivity index (χ3v) is 3.72. The average Bonchev–Trinajstić information content (AvgIpc) is 2.92. The van der Waals surface area contributed by atoms with Crippen molar-refractivity contribution < 1.29 is 19.4 Å². The Morgan fingerprint density at radius 3 is 2.95 bits per heavy atom. The van der Waals surface area contributed by atoms with Crippen molar-refractivity contribution in [1.82, 2.24) is 4.90 Å². The number of fused-ring (bicyclic) bond motifs is 1. The van der Waals surface area contributed by atoms with Crippen molar-refractivity contribution in [2.24, 2.45) is 0 Å². The standard InChI is InChI=1S/C14H17NO4/c16-13-6-11-8-19-14(17)15(11)12(13)9-18-7-10-4-2-1-3-5-10/h1-5,11-13,16H,6-9H2/t11-,12+,13-/m0/s1. The number of rotatable bonds is 4. The molecule has 19 heavy (non-hydrogen) atoms. The summed E-state index contributed by atoms with van der Waals surface area (Å²) in [5, 5.41) is 9.98. The second-order valence-corrected chi connectivity index (χ2v) is 5.01. The lowest BCUT2D eigenvalue weighted by atomic mass is 10.1. The van der Waals surface area contributed by atoms with Gasteiger partial charge in [0.15, 0.2) is 0 Å². The molecule has 0 unspecified atom stereocenters. The highest BCUT2D eigenvalue weighted by Crippen LogP contribution is 2.30. The quantitative estimate of drug-likeness (QED) is 0.885. The summed E-state index contributed by atoms with van der Waals surface area (Å²) in [5.74, 6) is 0. The van der Waals surface area contributed by atoms with E-state index >= 15 is 0 Å². The Labute approximate surface area is 111 Å². The van der Waals surface area contributed by atoms with Gasteiger partial charge in [-0.1, -0.05) is 30.3 Å². The zero-order chi connectivity index (χ0) is 13.2. The van der Waals surface area contributed by atoms with E-state index in [0.717, 1.165) is 5.56 Å². The number of aliphatic hydroxyl groups excluding tert-OH is 1. The third kappa shape index (κ3) is 2.43. The first-order valence-electron chi connectivity index (χ1n) is 6.50. The van der Waals surface area contributed by atoms with Crippen LogP contribution < -0.4 is 0 Å². The van der Waals surface area contributed by atoms with Gasteiger partial charge >= 0.3 is 6.09 Å². The normalized spacial score (nSPS) is 29.4. The zero-order valence-electron chi connectivity index (χ0n) is 10.6. The van der Waals surface area contributed by atoms with Crippen LogP contribution in [0.3, 0.4) is 0 Å². The number of ether oxygens (including phenoxy) is 2. The first kappa shape index (κ1) is 12.4. The van der Waals surface area contributed by atoms with Gasteiger partial charge in [0.25, 0.3) is 0 Å². The molecule has 102 valence electrons. The van der Waals surface area contributed by atoms with E-state index in [1.165, 1.54) is 0 Å². The average molecular weight is 263 g/mol. The maximum Gasteiger partial charge on any atom is 0.410 e. The highest BCUT2D eigenvalue weighted by molar-refractivity contribution is 5.71. The second-order valence-electron chi connectivity index (χ2n) is 5.01. The van der Waals surface area contributed by atoms with Crippen LogP contribution in [0.4, 0.5) is 4.79 Å². The Hall–Kier alpha value is -1.59. The highest BCUT2D eigenvalue weighted by atomic mass is 16.6. The molecular formula is C14H17NO4.